The number of Topliss-reactive ketones (excluding diaryl/α,β-unsaturated/α-hetero) is 1. The van der Waals surface area contributed by atoms with Gasteiger partial charge < -0.3 is 4.74 Å². The number of allylic oxidation sites excluding steroid dienone is 6. The van der Waals surface area contributed by atoms with Crippen molar-refractivity contribution in [1.29, 1.82) is 0 Å². The number of ether oxygens (including phenoxy) is 1. The van der Waals surface area contributed by atoms with Gasteiger partial charge in [-0.2, -0.15) is 0 Å². The van der Waals surface area contributed by atoms with E-state index in [2.05, 4.69) is 12.7 Å². The molecule has 0 bridgehead atoms. The van der Waals surface area contributed by atoms with Crippen molar-refractivity contribution in [2.75, 3.05) is 0 Å². The Balaban J connectivity index is 1.95. The molecule has 0 N–H and O–H groups in total. The van der Waals surface area contributed by atoms with Crippen LogP contribution in [0.5, 0.6) is 0 Å². The van der Waals surface area contributed by atoms with Crippen LogP contribution in [0.15, 0.2) is 47.6 Å². The van der Waals surface area contributed by atoms with Crippen molar-refractivity contribution >= 4 is 11.8 Å². The predicted molar refractivity (Wildman–Crippen MR) is 87.2 cm³/mol. The highest BCUT2D eigenvalue weighted by atomic mass is 16.5. The summed E-state index contributed by atoms with van der Waals surface area (Å²) in [5.41, 5.74) is 2.89. The molecular weight excluding hydrogens is 276 g/mol. The van der Waals surface area contributed by atoms with Gasteiger partial charge in [-0.05, 0) is 45.1 Å². The minimum absolute atomic E-state index is 0.0255. The van der Waals surface area contributed by atoms with Crippen LogP contribution in [0.25, 0.3) is 0 Å². The summed E-state index contributed by atoms with van der Waals surface area (Å²) in [5.74, 6) is 0.208. The molecule has 2 aliphatic carbocycles. The van der Waals surface area contributed by atoms with Crippen molar-refractivity contribution in [3.63, 3.8) is 0 Å². The van der Waals surface area contributed by atoms with Crippen LogP contribution >= 0.6 is 0 Å². The first-order valence-electron chi connectivity index (χ1n) is 7.80. The summed E-state index contributed by atoms with van der Waals surface area (Å²) in [5, 5.41) is 0. The molecule has 0 aliphatic heterocycles. The third-order valence-corrected chi connectivity index (χ3v) is 4.21. The van der Waals surface area contributed by atoms with Crippen molar-refractivity contribution < 1.29 is 14.3 Å². The van der Waals surface area contributed by atoms with Gasteiger partial charge >= 0.3 is 5.97 Å². The monoisotopic (exact) mass is 300 g/mol. The Kier molecular flexibility index (Phi) is 5.17. The number of esters is 1. The van der Waals surface area contributed by atoms with Gasteiger partial charge in [-0.25, -0.2) is 0 Å². The second kappa shape index (κ2) is 6.91. The van der Waals surface area contributed by atoms with Crippen LogP contribution in [0.2, 0.25) is 0 Å². The van der Waals surface area contributed by atoms with Gasteiger partial charge in [0.15, 0.2) is 5.78 Å². The van der Waals surface area contributed by atoms with Crippen molar-refractivity contribution in [2.24, 2.45) is 11.8 Å². The minimum Gasteiger partial charge on any atom is -0.457 e. The fourth-order valence-electron chi connectivity index (χ4n) is 2.87. The number of rotatable bonds is 6. The lowest BCUT2D eigenvalue weighted by Gasteiger charge is -2.13. The van der Waals surface area contributed by atoms with E-state index in [4.69, 9.17) is 4.74 Å². The molecule has 0 radical (unpaired) electrons. The molecule has 0 heterocycles. The van der Waals surface area contributed by atoms with Crippen LogP contribution in [-0.4, -0.2) is 17.9 Å². The molecule has 3 heteroatoms. The Morgan fingerprint density at radius 1 is 1.41 bits per heavy atom. The molecule has 0 aromatic rings. The second-order valence-electron chi connectivity index (χ2n) is 6.33. The molecule has 1 fully saturated rings. The van der Waals surface area contributed by atoms with E-state index in [9.17, 15) is 9.59 Å². The molecule has 22 heavy (non-hydrogen) atoms. The molecule has 2 aliphatic rings. The number of carbonyl (C=O) groups excluding carboxylic acids is 2. The first kappa shape index (κ1) is 16.5. The van der Waals surface area contributed by atoms with Crippen LogP contribution in [0.3, 0.4) is 0 Å². The van der Waals surface area contributed by atoms with Crippen molar-refractivity contribution in [3.8, 4) is 0 Å². The molecular formula is C19H24O3. The molecule has 0 saturated heterocycles. The van der Waals surface area contributed by atoms with Gasteiger partial charge in [0.25, 0.3) is 0 Å². The van der Waals surface area contributed by atoms with Crippen LogP contribution < -0.4 is 0 Å². The van der Waals surface area contributed by atoms with Crippen molar-refractivity contribution in [3.05, 3.63) is 47.6 Å². The lowest BCUT2D eigenvalue weighted by Crippen LogP contribution is -2.19. The SMILES string of the molecule is C=C/C=C\CC1=C(C)[C@@H](OC(=O)[C@H]2C[C@@H]2C=C(C)C)CC1=O. The largest absolute Gasteiger partial charge is 0.457 e. The summed E-state index contributed by atoms with van der Waals surface area (Å²) >= 11 is 0. The fraction of sp³-hybridized carbons (Fsp3) is 0.474. The topological polar surface area (TPSA) is 43.4 Å². The van der Waals surface area contributed by atoms with Gasteiger partial charge in [-0.1, -0.05) is 36.5 Å². The maximum atomic E-state index is 12.2. The second-order valence-corrected chi connectivity index (χ2v) is 6.33. The first-order valence-corrected chi connectivity index (χ1v) is 7.80. The summed E-state index contributed by atoms with van der Waals surface area (Å²) in [7, 11) is 0. The van der Waals surface area contributed by atoms with E-state index in [0.29, 0.717) is 12.3 Å². The van der Waals surface area contributed by atoms with E-state index < -0.39 is 0 Å². The lowest BCUT2D eigenvalue weighted by atomic mass is 10.1. The third-order valence-electron chi connectivity index (χ3n) is 4.21. The highest BCUT2D eigenvalue weighted by Gasteiger charge is 2.44. The van der Waals surface area contributed by atoms with Crippen LogP contribution in [0.4, 0.5) is 0 Å². The molecule has 0 amide bonds. The Hall–Kier alpha value is -1.90. The quantitative estimate of drug-likeness (QED) is 0.424. The molecule has 3 nitrogen and oxygen atoms in total. The van der Waals surface area contributed by atoms with E-state index in [1.807, 2.05) is 32.9 Å². The van der Waals surface area contributed by atoms with E-state index in [1.165, 1.54) is 5.57 Å². The van der Waals surface area contributed by atoms with Gasteiger partial charge in [0.05, 0.1) is 12.3 Å². The maximum absolute atomic E-state index is 12.2. The highest BCUT2D eigenvalue weighted by molar-refractivity contribution is 6.00. The zero-order chi connectivity index (χ0) is 16.3. The summed E-state index contributed by atoms with van der Waals surface area (Å²) in [6, 6.07) is 0. The number of hydrogen-bond acceptors (Lipinski definition) is 3. The van der Waals surface area contributed by atoms with E-state index >= 15 is 0 Å². The molecule has 0 unspecified atom stereocenters. The van der Waals surface area contributed by atoms with Crippen LogP contribution in [0.1, 0.15) is 40.0 Å². The Labute approximate surface area is 132 Å². The standard InChI is InChI=1S/C19H24O3/c1-5-6-7-8-15-13(4)18(11-17(15)20)22-19(21)16-10-14(16)9-12(2)3/h5-7,9,14,16,18H,1,8,10-11H2,2-4H3/b7-6-/t14-,16-,18-/m0/s1. The molecule has 2 rings (SSSR count). The van der Waals surface area contributed by atoms with E-state index in [-0.39, 0.29) is 30.2 Å². The highest BCUT2D eigenvalue weighted by Crippen LogP contribution is 2.42. The molecule has 118 valence electrons. The Bertz CT molecular complexity index is 573. The summed E-state index contributed by atoms with van der Waals surface area (Å²) < 4.78 is 5.58. The van der Waals surface area contributed by atoms with Gasteiger partial charge in [0.2, 0.25) is 0 Å². The molecule has 0 spiro atoms. The molecule has 0 aromatic carbocycles. The number of carbonyl (C=O) groups is 2. The zero-order valence-electron chi connectivity index (χ0n) is 13.6. The Morgan fingerprint density at radius 3 is 2.77 bits per heavy atom. The van der Waals surface area contributed by atoms with Crippen LogP contribution in [-0.2, 0) is 14.3 Å². The number of ketones is 1. The summed E-state index contributed by atoms with van der Waals surface area (Å²) in [6.07, 6.45) is 8.88. The smallest absolute Gasteiger partial charge is 0.310 e. The van der Waals surface area contributed by atoms with Gasteiger partial charge in [-0.15, -0.1) is 0 Å². The average Bonchev–Trinajstić information content (AvgIpc) is 3.14. The third kappa shape index (κ3) is 3.85. The van der Waals surface area contributed by atoms with Crippen LogP contribution in [0, 0.1) is 11.8 Å². The lowest BCUT2D eigenvalue weighted by molar-refractivity contribution is -0.149. The number of hydrogen-bond donors (Lipinski definition) is 0. The maximum Gasteiger partial charge on any atom is 0.310 e. The molecule has 0 aromatic heterocycles. The van der Waals surface area contributed by atoms with Crippen molar-refractivity contribution in [2.45, 2.75) is 46.1 Å². The average molecular weight is 300 g/mol. The molecule has 3 atom stereocenters. The van der Waals surface area contributed by atoms with Gasteiger partial charge in [-0.3, -0.25) is 9.59 Å². The normalized spacial score (nSPS) is 27.2. The summed E-state index contributed by atoms with van der Waals surface area (Å²) in [6.45, 7) is 9.57. The van der Waals surface area contributed by atoms with Gasteiger partial charge in [0.1, 0.15) is 6.10 Å². The van der Waals surface area contributed by atoms with E-state index in [1.54, 1.807) is 6.08 Å². The molecule has 1 saturated carbocycles. The van der Waals surface area contributed by atoms with Gasteiger partial charge in [0, 0.05) is 5.57 Å². The summed E-state index contributed by atoms with van der Waals surface area (Å²) in [4.78, 5) is 24.2. The minimum atomic E-state index is -0.375. The first-order chi connectivity index (χ1) is 10.4. The zero-order valence-corrected chi connectivity index (χ0v) is 13.6. The Morgan fingerprint density at radius 2 is 2.14 bits per heavy atom. The van der Waals surface area contributed by atoms with E-state index in [0.717, 1.165) is 17.6 Å². The predicted octanol–water partition coefficient (Wildman–Crippen LogP) is 3.92. The van der Waals surface area contributed by atoms with Crippen molar-refractivity contribution in [1.82, 2.24) is 0 Å². The fourth-order valence-corrected chi connectivity index (χ4v) is 2.87.